The van der Waals surface area contributed by atoms with E-state index in [4.69, 9.17) is 23.2 Å². The van der Waals surface area contributed by atoms with Gasteiger partial charge < -0.3 is 10.2 Å². The van der Waals surface area contributed by atoms with Crippen molar-refractivity contribution in [1.29, 1.82) is 0 Å². The maximum Gasteiger partial charge on any atom is 0.241 e. The van der Waals surface area contributed by atoms with Gasteiger partial charge in [0.25, 0.3) is 0 Å². The predicted molar refractivity (Wildman–Crippen MR) is 120 cm³/mol. The number of hydrogen-bond acceptors (Lipinski definition) is 4. The van der Waals surface area contributed by atoms with E-state index in [0.29, 0.717) is 22.6 Å². The summed E-state index contributed by atoms with van der Waals surface area (Å²) in [7, 11) is 0.0816. The molecule has 1 atom stereocenters. The summed E-state index contributed by atoms with van der Waals surface area (Å²) in [6, 6.07) is 12.1. The Bertz CT molecular complexity index is 927. The highest BCUT2D eigenvalue weighted by Gasteiger charge is 2.23. The molecule has 0 saturated heterocycles. The molecular formula is C21H27Cl2N3O2S. The first-order valence-electron chi connectivity index (χ1n) is 9.73. The summed E-state index contributed by atoms with van der Waals surface area (Å²) in [6.45, 7) is 0.485. The molecule has 1 aliphatic rings. The third-order valence-electron chi connectivity index (χ3n) is 5.08. The van der Waals surface area contributed by atoms with Gasteiger partial charge in [0, 0.05) is 18.3 Å². The summed E-state index contributed by atoms with van der Waals surface area (Å²) in [5.74, 6) is 0. The molecule has 1 fully saturated rings. The summed E-state index contributed by atoms with van der Waals surface area (Å²) in [6.07, 6.45) is 4.82. The van der Waals surface area contributed by atoms with Crippen molar-refractivity contribution >= 4 is 38.9 Å². The van der Waals surface area contributed by atoms with Gasteiger partial charge in [0.2, 0.25) is 10.0 Å². The van der Waals surface area contributed by atoms with Crippen LogP contribution in [0, 0.1) is 0 Å². The fourth-order valence-corrected chi connectivity index (χ4v) is 5.12. The van der Waals surface area contributed by atoms with E-state index in [1.165, 1.54) is 12.8 Å². The van der Waals surface area contributed by atoms with Crippen LogP contribution >= 0.6 is 23.2 Å². The van der Waals surface area contributed by atoms with Crippen LogP contribution in [0.3, 0.4) is 0 Å². The van der Waals surface area contributed by atoms with Gasteiger partial charge in [0.1, 0.15) is 0 Å². The van der Waals surface area contributed by atoms with Gasteiger partial charge >= 0.3 is 0 Å². The van der Waals surface area contributed by atoms with Crippen molar-refractivity contribution in [2.75, 3.05) is 26.0 Å². The van der Waals surface area contributed by atoms with Crippen molar-refractivity contribution in [2.45, 2.75) is 42.7 Å². The van der Waals surface area contributed by atoms with E-state index in [2.05, 4.69) is 10.0 Å². The van der Waals surface area contributed by atoms with E-state index >= 15 is 0 Å². The lowest BCUT2D eigenvalue weighted by atomic mass is 10.1. The van der Waals surface area contributed by atoms with Crippen LogP contribution in [-0.2, 0) is 10.0 Å². The number of anilines is 1. The third kappa shape index (κ3) is 6.09. The van der Waals surface area contributed by atoms with Crippen LogP contribution in [0.1, 0.15) is 37.3 Å². The number of rotatable bonds is 8. The molecule has 8 heteroatoms. The van der Waals surface area contributed by atoms with Crippen LogP contribution in [0.15, 0.2) is 47.4 Å². The summed E-state index contributed by atoms with van der Waals surface area (Å²) in [4.78, 5) is 2.16. The molecule has 29 heavy (non-hydrogen) atoms. The Balaban J connectivity index is 1.77. The fraction of sp³-hybridized carbons (Fsp3) is 0.429. The first-order chi connectivity index (χ1) is 13.7. The highest BCUT2D eigenvalue weighted by Crippen LogP contribution is 2.27. The second kappa shape index (κ2) is 9.67. The van der Waals surface area contributed by atoms with Gasteiger partial charge in [-0.1, -0.05) is 42.1 Å². The molecule has 2 N–H and O–H groups in total. The van der Waals surface area contributed by atoms with Crippen molar-refractivity contribution < 1.29 is 8.42 Å². The predicted octanol–water partition coefficient (Wildman–Crippen LogP) is 4.93. The lowest BCUT2D eigenvalue weighted by Crippen LogP contribution is -2.35. The smallest absolute Gasteiger partial charge is 0.241 e. The minimum atomic E-state index is -3.70. The van der Waals surface area contributed by atoms with Crippen molar-refractivity contribution in [3.8, 4) is 0 Å². The zero-order valence-electron chi connectivity index (χ0n) is 16.7. The van der Waals surface area contributed by atoms with Gasteiger partial charge in [0.05, 0.1) is 21.0 Å². The quantitative estimate of drug-likeness (QED) is 0.592. The maximum absolute atomic E-state index is 13.0. The molecule has 0 radical (unpaired) electrons. The molecule has 2 aromatic rings. The average Bonchev–Trinajstić information content (AvgIpc) is 3.16. The van der Waals surface area contributed by atoms with Crippen molar-refractivity contribution in [2.24, 2.45) is 0 Å². The van der Waals surface area contributed by atoms with E-state index in [1.807, 2.05) is 31.1 Å². The number of nitrogens with one attached hydrogen (secondary N) is 2. The molecule has 5 nitrogen and oxygen atoms in total. The number of sulfonamides is 1. The molecule has 2 aromatic carbocycles. The Morgan fingerprint density at radius 2 is 1.69 bits per heavy atom. The average molecular weight is 456 g/mol. The minimum absolute atomic E-state index is 0.235. The maximum atomic E-state index is 13.0. The zero-order valence-corrected chi connectivity index (χ0v) is 19.0. The Hall–Kier alpha value is -1.31. The standard InChI is InChI=1S/C21H27Cl2N3O2S/c1-26(2)14-21(15-7-12-19(22)20(23)13-15)25-29(27,28)18-10-8-17(9-11-18)24-16-5-3-4-6-16/h7-13,16,21,24-25H,3-6,14H2,1-2H3. The summed E-state index contributed by atoms with van der Waals surface area (Å²) >= 11 is 12.1. The van der Waals surface area contributed by atoms with Gasteiger partial charge in [-0.25, -0.2) is 13.1 Å². The van der Waals surface area contributed by atoms with Gasteiger partial charge in [-0.15, -0.1) is 0 Å². The van der Waals surface area contributed by atoms with Gasteiger partial charge in [0.15, 0.2) is 0 Å². The van der Waals surface area contributed by atoms with Crippen LogP contribution in [0.5, 0.6) is 0 Å². The second-order valence-corrected chi connectivity index (χ2v) is 10.3. The van der Waals surface area contributed by atoms with Gasteiger partial charge in [-0.3, -0.25) is 0 Å². The number of hydrogen-bond donors (Lipinski definition) is 2. The highest BCUT2D eigenvalue weighted by molar-refractivity contribution is 7.89. The van der Waals surface area contributed by atoms with E-state index in [9.17, 15) is 8.42 Å². The van der Waals surface area contributed by atoms with Crippen LogP contribution in [-0.4, -0.2) is 40.0 Å². The van der Waals surface area contributed by atoms with Gasteiger partial charge in [-0.2, -0.15) is 0 Å². The van der Waals surface area contributed by atoms with Crippen LogP contribution < -0.4 is 10.0 Å². The lowest BCUT2D eigenvalue weighted by molar-refractivity contribution is 0.363. The number of benzene rings is 2. The fourth-order valence-electron chi connectivity index (χ4n) is 3.60. The van der Waals surface area contributed by atoms with E-state index in [0.717, 1.165) is 24.1 Å². The number of halogens is 2. The molecule has 1 saturated carbocycles. The SMILES string of the molecule is CN(C)CC(NS(=O)(=O)c1ccc(NC2CCCC2)cc1)c1ccc(Cl)c(Cl)c1. The van der Waals surface area contributed by atoms with Crippen molar-refractivity contribution in [3.63, 3.8) is 0 Å². The van der Waals surface area contributed by atoms with E-state index in [-0.39, 0.29) is 4.90 Å². The Labute approximate surface area is 183 Å². The Morgan fingerprint density at radius 3 is 2.28 bits per heavy atom. The molecule has 0 amide bonds. The topological polar surface area (TPSA) is 61.4 Å². The lowest BCUT2D eigenvalue weighted by Gasteiger charge is -2.23. The van der Waals surface area contributed by atoms with Crippen molar-refractivity contribution in [1.82, 2.24) is 9.62 Å². The molecule has 0 heterocycles. The van der Waals surface area contributed by atoms with Gasteiger partial charge in [-0.05, 0) is 68.9 Å². The summed E-state index contributed by atoms with van der Waals surface area (Å²) in [5.41, 5.74) is 1.71. The summed E-state index contributed by atoms with van der Waals surface area (Å²) < 4.78 is 28.8. The van der Waals surface area contributed by atoms with E-state index in [1.54, 1.807) is 30.3 Å². The molecule has 158 valence electrons. The van der Waals surface area contributed by atoms with Crippen molar-refractivity contribution in [3.05, 3.63) is 58.1 Å². The largest absolute Gasteiger partial charge is 0.382 e. The zero-order chi connectivity index (χ0) is 21.0. The second-order valence-electron chi connectivity index (χ2n) is 7.76. The van der Waals surface area contributed by atoms with Crippen LogP contribution in [0.25, 0.3) is 0 Å². The minimum Gasteiger partial charge on any atom is -0.382 e. The summed E-state index contributed by atoms with van der Waals surface area (Å²) in [5, 5.41) is 4.31. The molecule has 1 aliphatic carbocycles. The molecule has 1 unspecified atom stereocenters. The Kier molecular flexibility index (Phi) is 7.46. The highest BCUT2D eigenvalue weighted by atomic mass is 35.5. The third-order valence-corrected chi connectivity index (χ3v) is 7.31. The molecule has 3 rings (SSSR count). The molecule has 0 aromatic heterocycles. The normalized spacial score (nSPS) is 16.3. The van der Waals surface area contributed by atoms with E-state index < -0.39 is 16.1 Å². The monoisotopic (exact) mass is 455 g/mol. The first kappa shape index (κ1) is 22.4. The molecule has 0 aliphatic heterocycles. The Morgan fingerprint density at radius 1 is 1.03 bits per heavy atom. The molecule has 0 spiro atoms. The molecule has 0 bridgehead atoms. The van der Waals surface area contributed by atoms with Crippen LogP contribution in [0.4, 0.5) is 5.69 Å². The molecular weight excluding hydrogens is 429 g/mol. The number of nitrogens with zero attached hydrogens (tertiary/aromatic N) is 1. The van der Waals surface area contributed by atoms with Crippen LogP contribution in [0.2, 0.25) is 10.0 Å². The first-order valence-corrected chi connectivity index (χ1v) is 12.0. The number of likely N-dealkylation sites (N-methyl/N-ethyl adjacent to an activating group) is 1.